The number of rotatable bonds is 3. The Morgan fingerprint density at radius 1 is 1.18 bits per heavy atom. The molecule has 8 nitrogen and oxygen atoms in total. The smallest absolute Gasteiger partial charge is 0.290 e. The quantitative estimate of drug-likeness (QED) is 0.473. The molecular weight excluding hydrogens is 356 g/mol. The highest BCUT2D eigenvalue weighted by Crippen LogP contribution is 2.26. The Hall–Kier alpha value is -3.94. The van der Waals surface area contributed by atoms with Gasteiger partial charge in [-0.2, -0.15) is 5.10 Å². The summed E-state index contributed by atoms with van der Waals surface area (Å²) in [6.07, 6.45) is 9.90. The average molecular weight is 374 g/mol. The molecule has 8 heteroatoms. The fourth-order valence-corrected chi connectivity index (χ4v) is 3.20. The largest absolute Gasteiger partial charge is 0.483 e. The minimum Gasteiger partial charge on any atom is -0.483 e. The Morgan fingerprint density at radius 2 is 2.04 bits per heavy atom. The van der Waals surface area contributed by atoms with Gasteiger partial charge in [0, 0.05) is 29.5 Å². The summed E-state index contributed by atoms with van der Waals surface area (Å²) in [7, 11) is 0. The van der Waals surface area contributed by atoms with E-state index >= 15 is 0 Å². The van der Waals surface area contributed by atoms with E-state index in [1.54, 1.807) is 0 Å². The van der Waals surface area contributed by atoms with Gasteiger partial charge < -0.3 is 14.1 Å². The zero-order chi connectivity index (χ0) is 19.5. The Morgan fingerprint density at radius 3 is 2.89 bits per heavy atom. The molecule has 0 saturated carbocycles. The Labute approximate surface area is 160 Å². The number of imidazole rings is 2. The van der Waals surface area contributed by atoms with Crippen LogP contribution < -0.4 is 0 Å². The number of aromatic amines is 1. The highest BCUT2D eigenvalue weighted by Gasteiger charge is 2.09. The lowest BCUT2D eigenvalue weighted by atomic mass is 10.1. The SMILES string of the molecule is Cc1ccc2nc(Cn3cnc(-c4cccc5[nH]ncc45)c3)cn2c1.O=CO. The number of H-pyrrole nitrogens is 1. The summed E-state index contributed by atoms with van der Waals surface area (Å²) < 4.78 is 4.12. The van der Waals surface area contributed by atoms with Crippen LogP contribution in [0.4, 0.5) is 0 Å². The maximum absolute atomic E-state index is 8.36. The van der Waals surface area contributed by atoms with E-state index in [4.69, 9.17) is 9.90 Å². The zero-order valence-electron chi connectivity index (χ0n) is 15.1. The number of fused-ring (bicyclic) bond motifs is 2. The second-order valence-corrected chi connectivity index (χ2v) is 6.38. The van der Waals surface area contributed by atoms with Gasteiger partial charge in [-0.3, -0.25) is 9.89 Å². The van der Waals surface area contributed by atoms with Crippen molar-refractivity contribution in [2.24, 2.45) is 0 Å². The molecule has 0 aliphatic heterocycles. The molecule has 0 saturated heterocycles. The van der Waals surface area contributed by atoms with Crippen LogP contribution in [0.1, 0.15) is 11.3 Å². The van der Waals surface area contributed by atoms with Crippen molar-refractivity contribution in [2.45, 2.75) is 13.5 Å². The van der Waals surface area contributed by atoms with Crippen molar-refractivity contribution in [3.8, 4) is 11.3 Å². The molecule has 4 heterocycles. The van der Waals surface area contributed by atoms with Gasteiger partial charge in [0.1, 0.15) is 5.65 Å². The predicted octanol–water partition coefficient (Wildman–Crippen LogP) is 3.13. The van der Waals surface area contributed by atoms with E-state index < -0.39 is 0 Å². The molecule has 0 radical (unpaired) electrons. The van der Waals surface area contributed by atoms with E-state index in [0.29, 0.717) is 6.54 Å². The van der Waals surface area contributed by atoms with Gasteiger partial charge in [-0.25, -0.2) is 9.97 Å². The minimum atomic E-state index is -0.250. The Bertz CT molecular complexity index is 1250. The summed E-state index contributed by atoms with van der Waals surface area (Å²) in [5.74, 6) is 0. The number of nitrogens with zero attached hydrogens (tertiary/aromatic N) is 5. The lowest BCUT2D eigenvalue weighted by molar-refractivity contribution is -0.122. The fourth-order valence-electron chi connectivity index (χ4n) is 3.20. The molecule has 0 aliphatic rings. The van der Waals surface area contributed by atoms with Crippen LogP contribution >= 0.6 is 0 Å². The van der Waals surface area contributed by atoms with Crippen molar-refractivity contribution in [1.82, 2.24) is 29.1 Å². The molecule has 0 amide bonds. The van der Waals surface area contributed by atoms with Crippen LogP contribution in [0.15, 0.2) is 61.4 Å². The third-order valence-electron chi connectivity index (χ3n) is 4.39. The molecule has 0 atom stereocenters. The Kier molecular flexibility index (Phi) is 4.59. The molecule has 0 bridgehead atoms. The van der Waals surface area contributed by atoms with Crippen molar-refractivity contribution in [3.05, 3.63) is 72.7 Å². The van der Waals surface area contributed by atoms with E-state index in [1.165, 1.54) is 5.56 Å². The molecule has 0 aliphatic carbocycles. The first-order valence-corrected chi connectivity index (χ1v) is 8.64. The zero-order valence-corrected chi connectivity index (χ0v) is 15.1. The number of carboxylic acid groups (broad SMARTS) is 1. The molecule has 140 valence electrons. The van der Waals surface area contributed by atoms with Gasteiger partial charge in [0.15, 0.2) is 0 Å². The van der Waals surface area contributed by atoms with Crippen LogP contribution in [0.25, 0.3) is 27.8 Å². The number of pyridine rings is 1. The van der Waals surface area contributed by atoms with Crippen molar-refractivity contribution in [2.75, 3.05) is 0 Å². The summed E-state index contributed by atoms with van der Waals surface area (Å²) >= 11 is 0. The number of aromatic nitrogens is 6. The second kappa shape index (κ2) is 7.36. The monoisotopic (exact) mass is 374 g/mol. The van der Waals surface area contributed by atoms with E-state index in [1.807, 2.05) is 30.7 Å². The van der Waals surface area contributed by atoms with E-state index in [9.17, 15) is 0 Å². The summed E-state index contributed by atoms with van der Waals surface area (Å²) in [6, 6.07) is 10.2. The molecule has 2 N–H and O–H groups in total. The molecule has 5 rings (SSSR count). The molecule has 0 fully saturated rings. The van der Waals surface area contributed by atoms with Crippen LogP contribution in [0.5, 0.6) is 0 Å². The number of hydrogen-bond acceptors (Lipinski definition) is 4. The van der Waals surface area contributed by atoms with Gasteiger partial charge in [0.2, 0.25) is 0 Å². The lowest BCUT2D eigenvalue weighted by Crippen LogP contribution is -1.96. The minimum absolute atomic E-state index is 0.250. The topological polar surface area (TPSA) is 101 Å². The van der Waals surface area contributed by atoms with Crippen LogP contribution in [-0.4, -0.2) is 40.7 Å². The molecule has 28 heavy (non-hydrogen) atoms. The van der Waals surface area contributed by atoms with Crippen LogP contribution in [0, 0.1) is 6.92 Å². The fraction of sp³-hybridized carbons (Fsp3) is 0.100. The van der Waals surface area contributed by atoms with Gasteiger partial charge in [0.25, 0.3) is 6.47 Å². The predicted molar refractivity (Wildman–Crippen MR) is 105 cm³/mol. The van der Waals surface area contributed by atoms with Gasteiger partial charge in [-0.05, 0) is 24.6 Å². The molecule has 4 aromatic heterocycles. The maximum atomic E-state index is 8.36. The Balaban J connectivity index is 0.000000604. The summed E-state index contributed by atoms with van der Waals surface area (Å²) in [5, 5.41) is 15.1. The standard InChI is InChI=1S/C19H16N6.CH2O2/c1-13-5-6-19-22-14(10-25(19)8-13)9-24-11-18(20-12-24)15-3-2-4-17-16(15)7-21-23-17;2-1-3/h2-8,10-12H,9H2,1H3,(H,21,23);1H,(H,2,3). The normalized spacial score (nSPS) is 10.8. The van der Waals surface area contributed by atoms with Crippen molar-refractivity contribution >= 4 is 23.0 Å². The third-order valence-corrected chi connectivity index (χ3v) is 4.39. The van der Waals surface area contributed by atoms with Gasteiger partial charge in [-0.15, -0.1) is 0 Å². The number of nitrogens with one attached hydrogen (secondary N) is 1. The van der Waals surface area contributed by atoms with E-state index in [2.05, 4.69) is 66.8 Å². The summed E-state index contributed by atoms with van der Waals surface area (Å²) in [4.78, 5) is 17.6. The molecule has 1 aromatic carbocycles. The highest BCUT2D eigenvalue weighted by atomic mass is 16.3. The van der Waals surface area contributed by atoms with Crippen molar-refractivity contribution < 1.29 is 9.90 Å². The van der Waals surface area contributed by atoms with Crippen LogP contribution in [-0.2, 0) is 11.3 Å². The first-order valence-electron chi connectivity index (χ1n) is 8.64. The average Bonchev–Trinajstić information content (AvgIpc) is 3.40. The van der Waals surface area contributed by atoms with E-state index in [-0.39, 0.29) is 6.47 Å². The third kappa shape index (κ3) is 3.35. The number of hydrogen-bond donors (Lipinski definition) is 2. The van der Waals surface area contributed by atoms with Crippen LogP contribution in [0.2, 0.25) is 0 Å². The maximum Gasteiger partial charge on any atom is 0.290 e. The van der Waals surface area contributed by atoms with Gasteiger partial charge >= 0.3 is 0 Å². The lowest BCUT2D eigenvalue weighted by Gasteiger charge is -1.99. The van der Waals surface area contributed by atoms with Gasteiger partial charge in [-0.1, -0.05) is 18.2 Å². The molecular formula is C20H18N6O2. The first kappa shape index (κ1) is 17.5. The molecule has 0 unspecified atom stereocenters. The van der Waals surface area contributed by atoms with Crippen molar-refractivity contribution in [3.63, 3.8) is 0 Å². The molecule has 5 aromatic rings. The highest BCUT2D eigenvalue weighted by molar-refractivity contribution is 5.93. The number of aryl methyl sites for hydroxylation is 1. The second-order valence-electron chi connectivity index (χ2n) is 6.38. The first-order chi connectivity index (χ1) is 13.7. The number of benzene rings is 1. The summed E-state index contributed by atoms with van der Waals surface area (Å²) in [5.41, 5.74) is 6.22. The van der Waals surface area contributed by atoms with Gasteiger partial charge in [0.05, 0.1) is 36.0 Å². The number of carbonyl (C=O) groups is 1. The van der Waals surface area contributed by atoms with E-state index in [0.717, 1.165) is 33.5 Å². The van der Waals surface area contributed by atoms with Crippen molar-refractivity contribution in [1.29, 1.82) is 0 Å². The van der Waals surface area contributed by atoms with Crippen LogP contribution in [0.3, 0.4) is 0 Å². The molecule has 0 spiro atoms. The summed E-state index contributed by atoms with van der Waals surface area (Å²) in [6.45, 7) is 2.52.